The van der Waals surface area contributed by atoms with Crippen molar-refractivity contribution in [3.8, 4) is 0 Å². The maximum absolute atomic E-state index is 10.8. The minimum Gasteiger partial charge on any atom is -0.476 e. The number of nitrogens with one attached hydrogen (secondary N) is 1. The molecule has 0 atom stereocenters. The van der Waals surface area contributed by atoms with Crippen molar-refractivity contribution in [1.82, 2.24) is 9.97 Å². The quantitative estimate of drug-likeness (QED) is 0.865. The molecule has 1 aromatic heterocycles. The van der Waals surface area contributed by atoms with E-state index in [9.17, 15) is 4.79 Å². The molecule has 1 saturated heterocycles. The van der Waals surface area contributed by atoms with Crippen LogP contribution in [0.1, 0.15) is 28.9 Å². The molecular formula is C17H18ClN3O3. The summed E-state index contributed by atoms with van der Waals surface area (Å²) in [5.41, 5.74) is 0.869. The molecule has 1 aliphatic rings. The number of aromatic nitrogens is 2. The van der Waals surface area contributed by atoms with Gasteiger partial charge in [0, 0.05) is 30.2 Å². The zero-order valence-corrected chi connectivity index (χ0v) is 13.8. The lowest BCUT2D eigenvalue weighted by atomic mass is 9.74. The number of aromatic carboxylic acids is 1. The van der Waals surface area contributed by atoms with Crippen molar-refractivity contribution >= 4 is 23.4 Å². The Morgan fingerprint density at radius 3 is 2.62 bits per heavy atom. The zero-order valence-electron chi connectivity index (χ0n) is 13.0. The van der Waals surface area contributed by atoms with E-state index in [1.165, 1.54) is 12.4 Å². The van der Waals surface area contributed by atoms with Gasteiger partial charge in [-0.1, -0.05) is 29.8 Å². The average Bonchev–Trinajstić information content (AvgIpc) is 2.61. The molecule has 1 aliphatic heterocycles. The predicted octanol–water partition coefficient (Wildman–Crippen LogP) is 2.99. The first-order valence-corrected chi connectivity index (χ1v) is 8.10. The first-order chi connectivity index (χ1) is 11.6. The molecule has 0 spiro atoms. The minimum atomic E-state index is -1.09. The molecule has 7 heteroatoms. The van der Waals surface area contributed by atoms with Crippen LogP contribution in [0, 0.1) is 0 Å². The lowest BCUT2D eigenvalue weighted by Gasteiger charge is -2.38. The molecule has 1 fully saturated rings. The van der Waals surface area contributed by atoms with E-state index in [1.54, 1.807) is 0 Å². The molecule has 1 aromatic carbocycles. The number of benzene rings is 1. The Kier molecular flexibility index (Phi) is 4.97. The SMILES string of the molecule is O=C(O)c1cnc(NCC2(c3ccccc3Cl)CCOCC2)cn1. The third-order valence-corrected chi connectivity index (χ3v) is 4.70. The largest absolute Gasteiger partial charge is 0.476 e. The van der Waals surface area contributed by atoms with Crippen molar-refractivity contribution in [2.24, 2.45) is 0 Å². The van der Waals surface area contributed by atoms with Gasteiger partial charge >= 0.3 is 5.97 Å². The first-order valence-electron chi connectivity index (χ1n) is 7.73. The summed E-state index contributed by atoms with van der Waals surface area (Å²) in [4.78, 5) is 18.8. The van der Waals surface area contributed by atoms with Gasteiger partial charge in [-0.15, -0.1) is 0 Å². The molecule has 0 aliphatic carbocycles. The number of hydrogen-bond donors (Lipinski definition) is 2. The Balaban J connectivity index is 1.80. The Morgan fingerprint density at radius 1 is 1.25 bits per heavy atom. The van der Waals surface area contributed by atoms with Gasteiger partial charge in [0.1, 0.15) is 5.82 Å². The molecule has 0 radical (unpaired) electrons. The van der Waals surface area contributed by atoms with Crippen molar-refractivity contribution < 1.29 is 14.6 Å². The molecule has 0 saturated carbocycles. The number of rotatable bonds is 5. The maximum Gasteiger partial charge on any atom is 0.356 e. The fraction of sp³-hybridized carbons (Fsp3) is 0.353. The van der Waals surface area contributed by atoms with Crippen molar-refractivity contribution in [2.75, 3.05) is 25.1 Å². The number of nitrogens with zero attached hydrogens (tertiary/aromatic N) is 2. The van der Waals surface area contributed by atoms with Gasteiger partial charge in [-0.2, -0.15) is 0 Å². The van der Waals surface area contributed by atoms with E-state index in [1.807, 2.05) is 18.2 Å². The number of carboxylic acids is 1. The molecule has 0 amide bonds. The molecule has 0 bridgehead atoms. The second-order valence-corrected chi connectivity index (χ2v) is 6.23. The predicted molar refractivity (Wildman–Crippen MR) is 90.7 cm³/mol. The van der Waals surface area contributed by atoms with Gasteiger partial charge in [-0.05, 0) is 24.5 Å². The first kappa shape index (κ1) is 16.7. The monoisotopic (exact) mass is 347 g/mol. The molecular weight excluding hydrogens is 330 g/mol. The molecule has 126 valence electrons. The maximum atomic E-state index is 10.8. The van der Waals surface area contributed by atoms with Crippen LogP contribution in [0.5, 0.6) is 0 Å². The van der Waals surface area contributed by atoms with Gasteiger partial charge in [0.15, 0.2) is 5.69 Å². The van der Waals surface area contributed by atoms with Crippen molar-refractivity contribution in [2.45, 2.75) is 18.3 Å². The summed E-state index contributed by atoms with van der Waals surface area (Å²) in [6.07, 6.45) is 4.38. The fourth-order valence-electron chi connectivity index (χ4n) is 2.98. The van der Waals surface area contributed by atoms with Crippen LogP contribution in [0.25, 0.3) is 0 Å². The Labute approximate surface area is 144 Å². The summed E-state index contributed by atoms with van der Waals surface area (Å²) >= 11 is 6.42. The van der Waals surface area contributed by atoms with Crippen LogP contribution in [-0.2, 0) is 10.2 Å². The molecule has 2 N–H and O–H groups in total. The second kappa shape index (κ2) is 7.15. The van der Waals surface area contributed by atoms with Crippen LogP contribution >= 0.6 is 11.6 Å². The standard InChI is InChI=1S/C17H18ClN3O3/c18-13-4-2-1-3-12(13)17(5-7-24-8-6-17)11-21-15-10-19-14(9-20-15)16(22)23/h1-4,9-10H,5-8,11H2,(H,20,21)(H,22,23). The van der Waals surface area contributed by atoms with E-state index in [0.29, 0.717) is 25.6 Å². The molecule has 24 heavy (non-hydrogen) atoms. The van der Waals surface area contributed by atoms with Crippen LogP contribution in [0.4, 0.5) is 5.82 Å². The average molecular weight is 348 g/mol. The van der Waals surface area contributed by atoms with Gasteiger partial charge in [0.05, 0.1) is 12.4 Å². The molecule has 2 heterocycles. The van der Waals surface area contributed by atoms with Gasteiger partial charge in [0.2, 0.25) is 0 Å². The Bertz CT molecular complexity index is 715. The summed E-state index contributed by atoms with van der Waals surface area (Å²) in [5, 5.41) is 12.9. The van der Waals surface area contributed by atoms with E-state index in [2.05, 4.69) is 21.4 Å². The topological polar surface area (TPSA) is 84.3 Å². The van der Waals surface area contributed by atoms with Crippen molar-refractivity contribution in [3.63, 3.8) is 0 Å². The minimum absolute atomic E-state index is 0.0765. The van der Waals surface area contributed by atoms with Crippen LogP contribution in [-0.4, -0.2) is 40.8 Å². The fourth-order valence-corrected chi connectivity index (χ4v) is 3.32. The number of halogens is 1. The number of carboxylic acid groups (broad SMARTS) is 1. The third-order valence-electron chi connectivity index (χ3n) is 4.37. The highest BCUT2D eigenvalue weighted by atomic mass is 35.5. The van der Waals surface area contributed by atoms with Crippen LogP contribution < -0.4 is 5.32 Å². The number of carbonyl (C=O) groups is 1. The van der Waals surface area contributed by atoms with E-state index in [-0.39, 0.29) is 11.1 Å². The van der Waals surface area contributed by atoms with Crippen molar-refractivity contribution in [1.29, 1.82) is 0 Å². The van der Waals surface area contributed by atoms with Gasteiger partial charge in [-0.3, -0.25) is 0 Å². The van der Waals surface area contributed by atoms with E-state index in [0.717, 1.165) is 23.4 Å². The highest BCUT2D eigenvalue weighted by Crippen LogP contribution is 2.38. The highest BCUT2D eigenvalue weighted by Gasteiger charge is 2.36. The molecule has 2 aromatic rings. The highest BCUT2D eigenvalue weighted by molar-refractivity contribution is 6.31. The molecule has 6 nitrogen and oxygen atoms in total. The zero-order chi connectivity index (χ0) is 17.0. The lowest BCUT2D eigenvalue weighted by Crippen LogP contribution is -2.40. The van der Waals surface area contributed by atoms with Gasteiger partial charge in [0.25, 0.3) is 0 Å². The van der Waals surface area contributed by atoms with E-state index < -0.39 is 5.97 Å². The normalized spacial score (nSPS) is 16.5. The molecule has 0 unspecified atom stereocenters. The summed E-state index contributed by atoms with van der Waals surface area (Å²) in [6, 6.07) is 7.85. The summed E-state index contributed by atoms with van der Waals surface area (Å²) in [7, 11) is 0. The van der Waals surface area contributed by atoms with Gasteiger partial charge < -0.3 is 15.2 Å². The number of anilines is 1. The second-order valence-electron chi connectivity index (χ2n) is 5.82. The summed E-state index contributed by atoms with van der Waals surface area (Å²) < 4.78 is 5.52. The smallest absolute Gasteiger partial charge is 0.356 e. The van der Waals surface area contributed by atoms with Crippen LogP contribution in [0.3, 0.4) is 0 Å². The van der Waals surface area contributed by atoms with Gasteiger partial charge in [-0.25, -0.2) is 14.8 Å². The van der Waals surface area contributed by atoms with Crippen LogP contribution in [0.2, 0.25) is 5.02 Å². The lowest BCUT2D eigenvalue weighted by molar-refractivity contribution is 0.0544. The Hall–Kier alpha value is -2.18. The van der Waals surface area contributed by atoms with E-state index in [4.69, 9.17) is 21.4 Å². The number of ether oxygens (including phenoxy) is 1. The number of hydrogen-bond acceptors (Lipinski definition) is 5. The molecule has 3 rings (SSSR count). The van der Waals surface area contributed by atoms with E-state index >= 15 is 0 Å². The van der Waals surface area contributed by atoms with Crippen LogP contribution in [0.15, 0.2) is 36.7 Å². The third kappa shape index (κ3) is 3.49. The van der Waals surface area contributed by atoms with Crippen molar-refractivity contribution in [3.05, 3.63) is 52.9 Å². The summed E-state index contributed by atoms with van der Waals surface area (Å²) in [5.74, 6) is -0.552. The summed E-state index contributed by atoms with van der Waals surface area (Å²) in [6.45, 7) is 1.98. The Morgan fingerprint density at radius 2 is 2.00 bits per heavy atom.